The van der Waals surface area contributed by atoms with Crippen LogP contribution in [0.25, 0.3) is 11.3 Å². The molecule has 2 aromatic rings. The van der Waals surface area contributed by atoms with Gasteiger partial charge in [0, 0.05) is 12.4 Å². The van der Waals surface area contributed by atoms with E-state index in [-0.39, 0.29) is 0 Å². The molecule has 2 rings (SSSR count). The highest BCUT2D eigenvalue weighted by atomic mass is 16.5. The molecule has 0 N–H and O–H groups in total. The third-order valence-corrected chi connectivity index (χ3v) is 2.12. The summed E-state index contributed by atoms with van der Waals surface area (Å²) in [7, 11) is 3.61. The zero-order valence-electron chi connectivity index (χ0n) is 8.77. The molecule has 0 aliphatic heterocycles. The van der Waals surface area contributed by atoms with Crippen molar-refractivity contribution in [3.05, 3.63) is 36.7 Å². The predicted octanol–water partition coefficient (Wildman–Crippen LogP) is 0.411. The van der Waals surface area contributed by atoms with Gasteiger partial charge in [0.15, 0.2) is 0 Å². The lowest BCUT2D eigenvalue weighted by atomic mass is 9.96. The van der Waals surface area contributed by atoms with Crippen molar-refractivity contribution in [1.82, 2.24) is 9.97 Å². The van der Waals surface area contributed by atoms with Crippen molar-refractivity contribution in [1.29, 1.82) is 0 Å². The average Bonchev–Trinajstić information content (AvgIpc) is 2.30. The molecule has 2 heterocycles. The molecule has 0 spiro atoms. The van der Waals surface area contributed by atoms with E-state index in [9.17, 15) is 0 Å². The van der Waals surface area contributed by atoms with Crippen LogP contribution in [0.1, 0.15) is 0 Å². The fourth-order valence-electron chi connectivity index (χ4n) is 1.42. The Hall–Kier alpha value is -1.84. The summed E-state index contributed by atoms with van der Waals surface area (Å²) in [5.74, 6) is 0.610. The summed E-state index contributed by atoms with van der Waals surface area (Å²) >= 11 is 0. The van der Waals surface area contributed by atoms with Crippen molar-refractivity contribution in [2.45, 2.75) is 0 Å². The molecule has 0 saturated heterocycles. The minimum atomic E-state index is 0.610. The molecule has 0 saturated carbocycles. The van der Waals surface area contributed by atoms with Crippen LogP contribution in [0, 0.1) is 0 Å². The Balaban J connectivity index is 2.56. The van der Waals surface area contributed by atoms with Crippen LogP contribution in [0.3, 0.4) is 0 Å². The third-order valence-electron chi connectivity index (χ3n) is 2.12. The van der Waals surface area contributed by atoms with Crippen LogP contribution in [-0.2, 0) is 0 Å². The second-order valence-corrected chi connectivity index (χ2v) is 3.28. The number of hydrogen-bond donors (Lipinski definition) is 0. The number of nitrogens with zero attached hydrogens (tertiary/aromatic N) is 2. The summed E-state index contributed by atoms with van der Waals surface area (Å²) in [6.45, 7) is 0. The van der Waals surface area contributed by atoms with Crippen LogP contribution < -0.4 is 10.2 Å². The molecule has 0 aliphatic rings. The Labute approximate surface area is 89.6 Å². The first-order chi connectivity index (χ1) is 7.31. The third kappa shape index (κ3) is 1.98. The van der Waals surface area contributed by atoms with Gasteiger partial charge in [-0.1, -0.05) is 17.6 Å². The highest BCUT2D eigenvalue weighted by Crippen LogP contribution is 2.24. The molecule has 0 amide bonds. The standard InChI is InChI=1S/C11H11BN2O/c1-15-11-9(6-8(12)7-14-11)10-4-2-3-5-13-10/h2-7H,12H2,1H3. The van der Waals surface area contributed by atoms with Crippen molar-refractivity contribution in [3.8, 4) is 17.1 Å². The van der Waals surface area contributed by atoms with Crippen molar-refractivity contribution in [2.75, 3.05) is 7.11 Å². The Morgan fingerprint density at radius 3 is 2.80 bits per heavy atom. The fraction of sp³-hybridized carbons (Fsp3) is 0.0909. The first-order valence-electron chi connectivity index (χ1n) is 4.73. The lowest BCUT2D eigenvalue weighted by Gasteiger charge is -2.07. The Kier molecular flexibility index (Phi) is 2.67. The van der Waals surface area contributed by atoms with Crippen molar-refractivity contribution < 1.29 is 4.74 Å². The molecule has 74 valence electrons. The Morgan fingerprint density at radius 1 is 1.27 bits per heavy atom. The van der Waals surface area contributed by atoms with Gasteiger partial charge in [-0.3, -0.25) is 4.98 Å². The van der Waals surface area contributed by atoms with E-state index in [0.717, 1.165) is 16.7 Å². The van der Waals surface area contributed by atoms with Gasteiger partial charge >= 0.3 is 0 Å². The van der Waals surface area contributed by atoms with Crippen molar-refractivity contribution in [3.63, 3.8) is 0 Å². The zero-order valence-corrected chi connectivity index (χ0v) is 8.77. The molecule has 0 unspecified atom stereocenters. The number of rotatable bonds is 2. The van der Waals surface area contributed by atoms with E-state index < -0.39 is 0 Å². The molecular weight excluding hydrogens is 187 g/mol. The first-order valence-corrected chi connectivity index (χ1v) is 4.73. The second kappa shape index (κ2) is 4.13. The van der Waals surface area contributed by atoms with Gasteiger partial charge in [0.2, 0.25) is 5.88 Å². The summed E-state index contributed by atoms with van der Waals surface area (Å²) in [6.07, 6.45) is 3.54. The number of pyridine rings is 2. The Bertz CT molecular complexity index is 459. The van der Waals surface area contributed by atoms with Gasteiger partial charge in [-0.15, -0.1) is 0 Å². The molecule has 0 fully saturated rings. The van der Waals surface area contributed by atoms with Gasteiger partial charge in [0.1, 0.15) is 7.85 Å². The molecular formula is C11H11BN2O. The molecule has 2 aromatic heterocycles. The number of methoxy groups -OCH3 is 1. The molecule has 15 heavy (non-hydrogen) atoms. The largest absolute Gasteiger partial charge is 0.481 e. The quantitative estimate of drug-likeness (QED) is 0.655. The van der Waals surface area contributed by atoms with Crippen LogP contribution in [-0.4, -0.2) is 24.9 Å². The minimum absolute atomic E-state index is 0.610. The maximum atomic E-state index is 5.20. The summed E-state index contributed by atoms with van der Waals surface area (Å²) in [6, 6.07) is 7.80. The topological polar surface area (TPSA) is 35.0 Å². The first kappa shape index (κ1) is 9.71. The van der Waals surface area contributed by atoms with Crippen LogP contribution in [0.4, 0.5) is 0 Å². The molecule has 0 bridgehead atoms. The highest BCUT2D eigenvalue weighted by molar-refractivity contribution is 6.32. The molecule has 4 heteroatoms. The van der Waals surface area contributed by atoms with Crippen LogP contribution >= 0.6 is 0 Å². The maximum Gasteiger partial charge on any atom is 0.222 e. The maximum absolute atomic E-state index is 5.20. The summed E-state index contributed by atoms with van der Waals surface area (Å²) in [5.41, 5.74) is 2.90. The summed E-state index contributed by atoms with van der Waals surface area (Å²) in [4.78, 5) is 8.49. The smallest absolute Gasteiger partial charge is 0.222 e. The summed E-state index contributed by atoms with van der Waals surface area (Å²) in [5, 5.41) is 0. The van der Waals surface area contributed by atoms with Gasteiger partial charge < -0.3 is 4.74 Å². The van der Waals surface area contributed by atoms with Gasteiger partial charge in [-0.05, 0) is 12.1 Å². The van der Waals surface area contributed by atoms with E-state index in [2.05, 4.69) is 9.97 Å². The molecule has 0 atom stereocenters. The molecule has 3 nitrogen and oxygen atoms in total. The SMILES string of the molecule is Bc1cnc(OC)c(-c2ccccn2)c1. The highest BCUT2D eigenvalue weighted by Gasteiger charge is 2.07. The molecule has 0 radical (unpaired) electrons. The van der Waals surface area contributed by atoms with E-state index in [4.69, 9.17) is 4.74 Å². The van der Waals surface area contributed by atoms with Crippen LogP contribution in [0.2, 0.25) is 0 Å². The van der Waals surface area contributed by atoms with Crippen molar-refractivity contribution in [2.24, 2.45) is 0 Å². The van der Waals surface area contributed by atoms with Crippen LogP contribution in [0.15, 0.2) is 36.7 Å². The zero-order chi connectivity index (χ0) is 10.7. The van der Waals surface area contributed by atoms with Crippen LogP contribution in [0.5, 0.6) is 5.88 Å². The van der Waals surface area contributed by atoms with Gasteiger partial charge in [0.05, 0.1) is 18.4 Å². The predicted molar refractivity (Wildman–Crippen MR) is 62.2 cm³/mol. The summed E-state index contributed by atoms with van der Waals surface area (Å²) < 4.78 is 5.20. The average molecular weight is 198 g/mol. The van der Waals surface area contributed by atoms with E-state index in [1.165, 1.54) is 0 Å². The number of hydrogen-bond acceptors (Lipinski definition) is 3. The van der Waals surface area contributed by atoms with Gasteiger partial charge in [0.25, 0.3) is 0 Å². The van der Waals surface area contributed by atoms with E-state index in [1.54, 1.807) is 19.5 Å². The fourth-order valence-corrected chi connectivity index (χ4v) is 1.42. The van der Waals surface area contributed by atoms with Crippen molar-refractivity contribution >= 4 is 13.3 Å². The normalized spacial score (nSPS) is 9.93. The molecule has 0 aromatic carbocycles. The van der Waals surface area contributed by atoms with E-state index in [0.29, 0.717) is 5.88 Å². The Morgan fingerprint density at radius 2 is 2.13 bits per heavy atom. The lowest BCUT2D eigenvalue weighted by molar-refractivity contribution is 0.400. The van der Waals surface area contributed by atoms with Gasteiger partial charge in [-0.25, -0.2) is 4.98 Å². The second-order valence-electron chi connectivity index (χ2n) is 3.28. The van der Waals surface area contributed by atoms with E-state index in [1.807, 2.05) is 32.1 Å². The number of aromatic nitrogens is 2. The molecule has 0 aliphatic carbocycles. The minimum Gasteiger partial charge on any atom is -0.481 e. The van der Waals surface area contributed by atoms with E-state index >= 15 is 0 Å². The lowest BCUT2D eigenvalue weighted by Crippen LogP contribution is -2.05. The van der Waals surface area contributed by atoms with Gasteiger partial charge in [-0.2, -0.15) is 0 Å². The number of ether oxygens (including phenoxy) is 1. The monoisotopic (exact) mass is 198 g/mol.